The van der Waals surface area contributed by atoms with Crippen LogP contribution in [-0.4, -0.2) is 55.4 Å². The molecule has 0 aliphatic rings. The summed E-state index contributed by atoms with van der Waals surface area (Å²) in [6.45, 7) is 22.6. The predicted octanol–water partition coefficient (Wildman–Crippen LogP) is 9.86. The summed E-state index contributed by atoms with van der Waals surface area (Å²) in [6.07, 6.45) is 7.14. The SMILES string of the molecule is C.C.C.C.C=CC(=O)OCOc1ccc(-c2ccc(OCOC(=O)C=C)cc2)cc1.C=CC(=O)Oc1cc(OC(=O)C=C)cc(OC(=O)C=C)c1.C=CC(=O)Oc1ccc(OC(=O)C=C)cc1. The molecule has 0 amide bonds. The summed E-state index contributed by atoms with van der Waals surface area (Å²) >= 11 is 0. The molecule has 0 heterocycles. The number of esters is 7. The van der Waals surface area contributed by atoms with Gasteiger partial charge in [-0.25, -0.2) is 33.6 Å². The van der Waals surface area contributed by atoms with Gasteiger partial charge in [-0.05, 0) is 59.7 Å². The van der Waals surface area contributed by atoms with Gasteiger partial charge in [0.15, 0.2) is 0 Å². The van der Waals surface area contributed by atoms with E-state index < -0.39 is 41.8 Å². The Morgan fingerprint density at radius 1 is 0.313 bits per heavy atom. The number of hydrogen-bond donors (Lipinski definition) is 0. The Balaban J connectivity index is -0.000000914. The second-order valence-corrected chi connectivity index (χ2v) is 11.1. The highest BCUT2D eigenvalue weighted by Crippen LogP contribution is 2.29. The van der Waals surface area contributed by atoms with Crippen molar-refractivity contribution in [3.8, 4) is 51.4 Å². The molecule has 0 saturated heterocycles. The normalized spacial score (nSPS) is 8.78. The van der Waals surface area contributed by atoms with Crippen LogP contribution in [-0.2, 0) is 43.0 Å². The molecule has 4 aromatic carbocycles. The van der Waals surface area contributed by atoms with Gasteiger partial charge in [0.05, 0.1) is 0 Å². The zero-order chi connectivity index (χ0) is 46.6. The van der Waals surface area contributed by atoms with E-state index in [-0.39, 0.29) is 60.5 Å². The van der Waals surface area contributed by atoms with E-state index in [9.17, 15) is 33.6 Å². The molecule has 0 atom stereocenters. The lowest BCUT2D eigenvalue weighted by atomic mass is 10.1. The predicted molar refractivity (Wildman–Crippen MR) is 254 cm³/mol. The lowest BCUT2D eigenvalue weighted by molar-refractivity contribution is -0.145. The van der Waals surface area contributed by atoms with Crippen LogP contribution in [0.2, 0.25) is 0 Å². The average Bonchev–Trinajstić information content (AvgIpc) is 3.30. The molecule has 0 fully saturated rings. The summed E-state index contributed by atoms with van der Waals surface area (Å²) in [5.41, 5.74) is 1.95. The molecule has 67 heavy (non-hydrogen) atoms. The molecule has 0 unspecified atom stereocenters. The minimum Gasteiger partial charge on any atom is -0.457 e. The van der Waals surface area contributed by atoms with E-state index in [0.29, 0.717) is 23.0 Å². The van der Waals surface area contributed by atoms with E-state index in [0.717, 1.165) is 53.7 Å². The Hall–Kier alpha value is -9.05. The van der Waals surface area contributed by atoms with Gasteiger partial charge in [0.1, 0.15) is 40.2 Å². The molecule has 0 aliphatic heterocycles. The lowest BCUT2D eigenvalue weighted by Crippen LogP contribution is -2.08. The Bertz CT molecular complexity index is 2100. The molecular formula is C51H56O16. The van der Waals surface area contributed by atoms with Crippen molar-refractivity contribution in [1.82, 2.24) is 0 Å². The lowest BCUT2D eigenvalue weighted by Gasteiger charge is -2.09. The van der Waals surface area contributed by atoms with Crippen LogP contribution in [0.1, 0.15) is 29.7 Å². The van der Waals surface area contributed by atoms with Crippen molar-refractivity contribution in [1.29, 1.82) is 0 Å². The molecule has 0 radical (unpaired) electrons. The van der Waals surface area contributed by atoms with Crippen molar-refractivity contribution in [3.05, 3.63) is 180 Å². The molecular weight excluding hydrogens is 869 g/mol. The Morgan fingerprint density at radius 2 is 0.522 bits per heavy atom. The summed E-state index contributed by atoms with van der Waals surface area (Å²) < 4.78 is 44.4. The van der Waals surface area contributed by atoms with E-state index in [4.69, 9.17) is 42.6 Å². The van der Waals surface area contributed by atoms with E-state index in [2.05, 4.69) is 46.1 Å². The van der Waals surface area contributed by atoms with Crippen molar-refractivity contribution < 1.29 is 76.2 Å². The number of carbonyl (C=O) groups excluding carboxylic acids is 7. The highest BCUT2D eigenvalue weighted by atomic mass is 16.7. The van der Waals surface area contributed by atoms with Crippen LogP contribution >= 0.6 is 0 Å². The molecule has 16 nitrogen and oxygen atoms in total. The highest BCUT2D eigenvalue weighted by Gasteiger charge is 2.11. The standard InChI is InChI=1S/C20H18O6.C15H12O6.C12H10O4.4CH4/c1-3-19(21)25-13-23-17-9-5-15(6-10-17)16-7-11-18(12-8-16)24-14-26-20(22)4-2;1-4-13(16)19-10-7-11(20-14(17)5-2)9-12(8-10)21-15(18)6-3;1-3-11(13)15-9-5-7-10(8-6-9)16-12(14)4-2;;;;/h3-12H,1-2,13-14H2;4-9H,1-3H2;3-8H,1-2H2;4*1H4. The summed E-state index contributed by atoms with van der Waals surface area (Å²) in [7, 11) is 0. The fraction of sp³-hybridized carbons (Fsp3) is 0.118. The first-order chi connectivity index (χ1) is 30.2. The molecule has 356 valence electrons. The third kappa shape index (κ3) is 25.0. The van der Waals surface area contributed by atoms with Gasteiger partial charge in [-0.3, -0.25) is 0 Å². The Kier molecular flexibility index (Phi) is 32.0. The summed E-state index contributed by atoms with van der Waals surface area (Å²) in [4.78, 5) is 77.1. The fourth-order valence-electron chi connectivity index (χ4n) is 4.00. The van der Waals surface area contributed by atoms with Gasteiger partial charge in [-0.1, -0.05) is 100 Å². The van der Waals surface area contributed by atoms with E-state index in [1.165, 1.54) is 42.5 Å². The van der Waals surface area contributed by atoms with Crippen LogP contribution in [0, 0.1) is 0 Å². The molecule has 4 rings (SSSR count). The fourth-order valence-corrected chi connectivity index (χ4v) is 4.00. The van der Waals surface area contributed by atoms with Gasteiger partial charge in [0.2, 0.25) is 13.6 Å². The molecule has 0 N–H and O–H groups in total. The van der Waals surface area contributed by atoms with Crippen LogP contribution in [0.4, 0.5) is 0 Å². The molecule has 0 aromatic heterocycles. The molecule has 0 spiro atoms. The summed E-state index contributed by atoms with van der Waals surface area (Å²) in [5.74, 6) is -2.42. The first kappa shape index (κ1) is 62.2. The number of rotatable bonds is 19. The molecule has 0 saturated carbocycles. The third-order valence-electron chi connectivity index (χ3n) is 6.83. The van der Waals surface area contributed by atoms with Crippen molar-refractivity contribution >= 4 is 41.8 Å². The second kappa shape index (κ2) is 34.4. The third-order valence-corrected chi connectivity index (χ3v) is 6.83. The zero-order valence-electron chi connectivity index (χ0n) is 33.6. The zero-order valence-corrected chi connectivity index (χ0v) is 33.6. The summed E-state index contributed by atoms with van der Waals surface area (Å²) in [6, 6.07) is 24.5. The van der Waals surface area contributed by atoms with E-state index in [1.54, 1.807) is 24.3 Å². The van der Waals surface area contributed by atoms with Gasteiger partial charge >= 0.3 is 41.8 Å². The van der Waals surface area contributed by atoms with Gasteiger partial charge in [0.25, 0.3) is 0 Å². The van der Waals surface area contributed by atoms with Crippen LogP contribution in [0.3, 0.4) is 0 Å². The van der Waals surface area contributed by atoms with Crippen molar-refractivity contribution in [3.63, 3.8) is 0 Å². The minimum atomic E-state index is -0.719. The maximum absolute atomic E-state index is 11.2. The molecule has 4 aromatic rings. The minimum absolute atomic E-state index is 0. The van der Waals surface area contributed by atoms with E-state index >= 15 is 0 Å². The van der Waals surface area contributed by atoms with Crippen molar-refractivity contribution in [2.24, 2.45) is 0 Å². The maximum Gasteiger partial charge on any atom is 0.335 e. The second-order valence-electron chi connectivity index (χ2n) is 11.1. The van der Waals surface area contributed by atoms with Crippen LogP contribution in [0.5, 0.6) is 40.2 Å². The Labute approximate surface area is 391 Å². The Morgan fingerprint density at radius 3 is 0.746 bits per heavy atom. The largest absolute Gasteiger partial charge is 0.457 e. The smallest absolute Gasteiger partial charge is 0.335 e. The van der Waals surface area contributed by atoms with Crippen molar-refractivity contribution in [2.75, 3.05) is 13.6 Å². The first-order valence-electron chi connectivity index (χ1n) is 17.8. The van der Waals surface area contributed by atoms with Gasteiger partial charge in [-0.15, -0.1) is 0 Å². The monoisotopic (exact) mass is 924 g/mol. The first-order valence-corrected chi connectivity index (χ1v) is 17.8. The molecule has 0 bridgehead atoms. The summed E-state index contributed by atoms with van der Waals surface area (Å²) in [5, 5.41) is 0. The van der Waals surface area contributed by atoms with Gasteiger partial charge in [-0.2, -0.15) is 0 Å². The molecule has 16 heteroatoms. The quantitative estimate of drug-likeness (QED) is 0.0372. The van der Waals surface area contributed by atoms with Crippen LogP contribution < -0.4 is 33.2 Å². The van der Waals surface area contributed by atoms with E-state index in [1.807, 2.05) is 24.3 Å². The number of hydrogen-bond acceptors (Lipinski definition) is 16. The average molecular weight is 925 g/mol. The van der Waals surface area contributed by atoms with Crippen LogP contribution in [0.15, 0.2) is 180 Å². The maximum atomic E-state index is 11.2. The van der Waals surface area contributed by atoms with Crippen LogP contribution in [0.25, 0.3) is 11.1 Å². The number of ether oxygens (including phenoxy) is 9. The van der Waals surface area contributed by atoms with Crippen molar-refractivity contribution in [2.45, 2.75) is 29.7 Å². The molecule has 0 aliphatic carbocycles. The topological polar surface area (TPSA) is 203 Å². The number of benzene rings is 4. The highest BCUT2D eigenvalue weighted by molar-refractivity contribution is 5.86. The van der Waals surface area contributed by atoms with Gasteiger partial charge < -0.3 is 42.6 Å². The van der Waals surface area contributed by atoms with Gasteiger partial charge in [0, 0.05) is 60.7 Å². The number of carbonyl (C=O) groups is 7.